The minimum Gasteiger partial charge on any atom is -0.493 e. The van der Waals surface area contributed by atoms with Crippen LogP contribution in [0.2, 0.25) is 5.02 Å². The van der Waals surface area contributed by atoms with E-state index >= 15 is 0 Å². The molecule has 0 aliphatic heterocycles. The first-order chi connectivity index (χ1) is 13.3. The molecule has 0 heterocycles. The van der Waals surface area contributed by atoms with Gasteiger partial charge in [0, 0.05) is 24.6 Å². The van der Waals surface area contributed by atoms with Crippen LogP contribution in [0.5, 0.6) is 11.5 Å². The molecule has 2 aromatic carbocycles. The summed E-state index contributed by atoms with van der Waals surface area (Å²) in [5, 5.41) is 0.447. The zero-order valence-electron chi connectivity index (χ0n) is 16.9. The maximum Gasteiger partial charge on any atom is 0.246 e. The highest BCUT2D eigenvalue weighted by molar-refractivity contribution is 7.98. The number of nitrogens with zero attached hydrogens (tertiary/aromatic N) is 1. The number of carbonyl (C=O) groups is 1. The standard InChI is InChI=1S/C22H26ClNO3S/c1-15(2)27-22-19(23)12-17(13-20(22)26-4)8-11-21(25)24(3)14-16-6-9-18(28-5)10-7-16/h6-13,15H,14H2,1-5H3/b11-8+. The molecule has 4 nitrogen and oxygen atoms in total. The number of halogens is 1. The van der Waals surface area contributed by atoms with Gasteiger partial charge < -0.3 is 14.4 Å². The second kappa shape index (κ2) is 10.4. The number of thioether (sulfide) groups is 1. The maximum atomic E-state index is 12.4. The van der Waals surface area contributed by atoms with E-state index in [2.05, 4.69) is 12.1 Å². The normalized spacial score (nSPS) is 11.1. The molecule has 0 bridgehead atoms. The maximum absolute atomic E-state index is 12.4. The van der Waals surface area contributed by atoms with Crippen molar-refractivity contribution >= 4 is 35.3 Å². The quantitative estimate of drug-likeness (QED) is 0.416. The number of likely N-dealkylation sites (N-methyl/N-ethyl adjacent to an activating group) is 1. The van der Waals surface area contributed by atoms with Gasteiger partial charge in [-0.2, -0.15) is 0 Å². The van der Waals surface area contributed by atoms with Gasteiger partial charge in [0.15, 0.2) is 11.5 Å². The number of carbonyl (C=O) groups excluding carboxylic acids is 1. The van der Waals surface area contributed by atoms with Crippen LogP contribution in [0.3, 0.4) is 0 Å². The minimum atomic E-state index is -0.0912. The van der Waals surface area contributed by atoms with Gasteiger partial charge in [-0.3, -0.25) is 4.79 Å². The second-order valence-electron chi connectivity index (χ2n) is 6.58. The molecule has 0 aliphatic carbocycles. The largest absolute Gasteiger partial charge is 0.493 e. The molecule has 1 amide bonds. The monoisotopic (exact) mass is 419 g/mol. The molecule has 28 heavy (non-hydrogen) atoms. The van der Waals surface area contributed by atoms with Crippen LogP contribution in [0, 0.1) is 0 Å². The lowest BCUT2D eigenvalue weighted by Gasteiger charge is -2.16. The molecule has 0 saturated heterocycles. The average molecular weight is 420 g/mol. The summed E-state index contributed by atoms with van der Waals surface area (Å²) >= 11 is 8.03. The van der Waals surface area contributed by atoms with Gasteiger partial charge in [0.1, 0.15) is 0 Å². The van der Waals surface area contributed by atoms with E-state index in [1.165, 1.54) is 11.0 Å². The number of hydrogen-bond acceptors (Lipinski definition) is 4. The summed E-state index contributed by atoms with van der Waals surface area (Å²) in [4.78, 5) is 15.3. The van der Waals surface area contributed by atoms with Gasteiger partial charge in [-0.25, -0.2) is 0 Å². The molecule has 0 atom stereocenters. The Hall–Kier alpha value is -2.11. The van der Waals surface area contributed by atoms with E-state index in [0.29, 0.717) is 23.1 Å². The van der Waals surface area contributed by atoms with Crippen molar-refractivity contribution in [1.82, 2.24) is 4.90 Å². The Morgan fingerprint density at radius 1 is 1.25 bits per heavy atom. The summed E-state index contributed by atoms with van der Waals surface area (Å²) in [5.41, 5.74) is 1.85. The molecule has 0 spiro atoms. The van der Waals surface area contributed by atoms with Gasteiger partial charge in [-0.05, 0) is 61.6 Å². The van der Waals surface area contributed by atoms with E-state index in [0.717, 1.165) is 11.1 Å². The SMILES string of the molecule is COc1cc(/C=C/C(=O)N(C)Cc2ccc(SC)cc2)cc(Cl)c1OC(C)C. The van der Waals surface area contributed by atoms with E-state index in [-0.39, 0.29) is 12.0 Å². The molecular weight excluding hydrogens is 394 g/mol. The molecule has 2 rings (SSSR count). The number of amides is 1. The van der Waals surface area contributed by atoms with E-state index in [1.807, 2.05) is 32.2 Å². The molecular formula is C22H26ClNO3S. The van der Waals surface area contributed by atoms with Crippen molar-refractivity contribution < 1.29 is 14.3 Å². The van der Waals surface area contributed by atoms with Crippen LogP contribution in [0.1, 0.15) is 25.0 Å². The van der Waals surface area contributed by atoms with Crippen molar-refractivity contribution in [3.8, 4) is 11.5 Å². The van der Waals surface area contributed by atoms with Crippen LogP contribution in [0.4, 0.5) is 0 Å². The number of ether oxygens (including phenoxy) is 2. The van der Waals surface area contributed by atoms with Gasteiger partial charge in [0.25, 0.3) is 0 Å². The average Bonchev–Trinajstić information content (AvgIpc) is 2.68. The summed E-state index contributed by atoms with van der Waals surface area (Å²) < 4.78 is 11.1. The summed E-state index contributed by atoms with van der Waals surface area (Å²) in [6.07, 6.45) is 5.28. The van der Waals surface area contributed by atoms with Gasteiger partial charge >= 0.3 is 0 Å². The van der Waals surface area contributed by atoms with E-state index in [9.17, 15) is 4.79 Å². The Bertz CT molecular complexity index is 834. The lowest BCUT2D eigenvalue weighted by atomic mass is 10.1. The first-order valence-electron chi connectivity index (χ1n) is 8.94. The minimum absolute atomic E-state index is 0.0204. The highest BCUT2D eigenvalue weighted by atomic mass is 35.5. The molecule has 0 saturated carbocycles. The fourth-order valence-electron chi connectivity index (χ4n) is 2.56. The molecule has 0 aromatic heterocycles. The van der Waals surface area contributed by atoms with Crippen molar-refractivity contribution in [2.24, 2.45) is 0 Å². The highest BCUT2D eigenvalue weighted by Gasteiger charge is 2.13. The van der Waals surface area contributed by atoms with Crippen LogP contribution < -0.4 is 9.47 Å². The molecule has 0 unspecified atom stereocenters. The lowest BCUT2D eigenvalue weighted by molar-refractivity contribution is -0.125. The first kappa shape index (κ1) is 22.2. The second-order valence-corrected chi connectivity index (χ2v) is 7.86. The lowest BCUT2D eigenvalue weighted by Crippen LogP contribution is -2.24. The Morgan fingerprint density at radius 2 is 1.93 bits per heavy atom. The van der Waals surface area contributed by atoms with Crippen molar-refractivity contribution in [1.29, 1.82) is 0 Å². The van der Waals surface area contributed by atoms with Gasteiger partial charge in [-0.1, -0.05) is 23.7 Å². The fourth-order valence-corrected chi connectivity index (χ4v) is 3.24. The molecule has 0 N–H and O–H groups in total. The van der Waals surface area contributed by atoms with Gasteiger partial charge in [0.05, 0.1) is 18.2 Å². The molecule has 2 aromatic rings. The van der Waals surface area contributed by atoms with Crippen LogP contribution in [-0.2, 0) is 11.3 Å². The Kier molecular flexibility index (Phi) is 8.27. The Labute approximate surface area is 176 Å². The molecule has 0 aliphatic rings. The summed E-state index contributed by atoms with van der Waals surface area (Å²) in [7, 11) is 3.34. The Morgan fingerprint density at radius 3 is 2.50 bits per heavy atom. The third-order valence-electron chi connectivity index (χ3n) is 3.98. The van der Waals surface area contributed by atoms with Crippen molar-refractivity contribution in [3.63, 3.8) is 0 Å². The summed E-state index contributed by atoms with van der Waals surface area (Å²) in [6.45, 7) is 4.39. The van der Waals surface area contributed by atoms with Crippen LogP contribution in [-0.4, -0.2) is 37.3 Å². The highest BCUT2D eigenvalue weighted by Crippen LogP contribution is 2.37. The predicted molar refractivity (Wildman–Crippen MR) is 117 cm³/mol. The molecule has 0 radical (unpaired) electrons. The fraction of sp³-hybridized carbons (Fsp3) is 0.318. The van der Waals surface area contributed by atoms with E-state index < -0.39 is 0 Å². The summed E-state index contributed by atoms with van der Waals surface area (Å²) in [5.74, 6) is 0.954. The van der Waals surface area contributed by atoms with Gasteiger partial charge in [0.2, 0.25) is 5.91 Å². The van der Waals surface area contributed by atoms with E-state index in [4.69, 9.17) is 21.1 Å². The van der Waals surface area contributed by atoms with Crippen LogP contribution in [0.25, 0.3) is 6.08 Å². The number of hydrogen-bond donors (Lipinski definition) is 0. The van der Waals surface area contributed by atoms with Crippen LogP contribution in [0.15, 0.2) is 47.4 Å². The number of methoxy groups -OCH3 is 1. The third kappa shape index (κ3) is 6.21. The predicted octanol–water partition coefficient (Wildman–Crippen LogP) is 5.53. The topological polar surface area (TPSA) is 38.8 Å². The number of benzene rings is 2. The third-order valence-corrected chi connectivity index (χ3v) is 5.00. The number of rotatable bonds is 8. The summed E-state index contributed by atoms with van der Waals surface area (Å²) in [6, 6.07) is 11.8. The first-order valence-corrected chi connectivity index (χ1v) is 10.5. The van der Waals surface area contributed by atoms with Gasteiger partial charge in [-0.15, -0.1) is 11.8 Å². The molecule has 150 valence electrons. The zero-order valence-corrected chi connectivity index (χ0v) is 18.4. The molecule has 0 fully saturated rings. The van der Waals surface area contributed by atoms with Crippen molar-refractivity contribution in [2.45, 2.75) is 31.4 Å². The van der Waals surface area contributed by atoms with Crippen molar-refractivity contribution in [3.05, 3.63) is 58.6 Å². The molecule has 6 heteroatoms. The Balaban J connectivity index is 2.08. The van der Waals surface area contributed by atoms with E-state index in [1.54, 1.807) is 49.0 Å². The van der Waals surface area contributed by atoms with Crippen LogP contribution >= 0.6 is 23.4 Å². The zero-order chi connectivity index (χ0) is 20.7. The smallest absolute Gasteiger partial charge is 0.246 e. The van der Waals surface area contributed by atoms with Crippen molar-refractivity contribution in [2.75, 3.05) is 20.4 Å².